The van der Waals surface area contributed by atoms with Crippen LogP contribution < -0.4 is 16.8 Å². The molecule has 1 saturated heterocycles. The number of anilines is 2. The van der Waals surface area contributed by atoms with Gasteiger partial charge in [0.05, 0.1) is 12.7 Å². The number of phosphoric acid groups is 1. The molecule has 0 aliphatic carbocycles. The van der Waals surface area contributed by atoms with Gasteiger partial charge in [0.1, 0.15) is 24.6 Å². The van der Waals surface area contributed by atoms with E-state index in [1.54, 1.807) is 0 Å². The smallest absolute Gasteiger partial charge is 0.390 e. The van der Waals surface area contributed by atoms with E-state index in [0.29, 0.717) is 0 Å². The van der Waals surface area contributed by atoms with Crippen LogP contribution in [0, 0.1) is 0 Å². The number of fused-ring (bicyclic) bond motifs is 1. The van der Waals surface area contributed by atoms with E-state index in [2.05, 4.69) is 24.8 Å². The number of nitrogen functional groups attached to an aromatic ring is 1. The summed E-state index contributed by atoms with van der Waals surface area (Å²) in [6.07, 6.45) is -5.27. The summed E-state index contributed by atoms with van der Waals surface area (Å²) in [5.41, 5.74) is 11.5. The molecule has 1 aliphatic heterocycles. The first-order valence-corrected chi connectivity index (χ1v) is 9.97. The summed E-state index contributed by atoms with van der Waals surface area (Å²) >= 11 is 0. The Bertz CT molecular complexity index is 907. The molecule has 15 nitrogen and oxygen atoms in total. The van der Waals surface area contributed by atoms with Crippen LogP contribution in [0.4, 0.5) is 11.8 Å². The molecular weight excluding hydrogens is 413 g/mol. The molecule has 5 atom stereocenters. The fourth-order valence-electron chi connectivity index (χ4n) is 2.84. The third-order valence-corrected chi connectivity index (χ3v) is 4.76. The lowest BCUT2D eigenvalue weighted by Crippen LogP contribution is -2.34. The second-order valence-corrected chi connectivity index (χ2v) is 7.58. The Hall–Kier alpha value is -1.94. The maximum absolute atomic E-state index is 10.9. The highest BCUT2D eigenvalue weighted by atomic mass is 31.2. The zero-order valence-corrected chi connectivity index (χ0v) is 15.8. The number of rotatable bonds is 8. The van der Waals surface area contributed by atoms with Gasteiger partial charge in [-0.3, -0.25) is 9.09 Å². The number of hydrogen-bond acceptors (Lipinski definition) is 12. The highest BCUT2D eigenvalue weighted by Gasteiger charge is 2.46. The maximum atomic E-state index is 10.9. The van der Waals surface area contributed by atoms with Crippen LogP contribution in [0.1, 0.15) is 6.23 Å². The van der Waals surface area contributed by atoms with Gasteiger partial charge in [-0.15, -0.1) is 0 Å². The normalized spacial score (nSPS) is 26.1. The number of nitrogens with one attached hydrogen (secondary N) is 1. The van der Waals surface area contributed by atoms with E-state index in [-0.39, 0.29) is 36.0 Å². The van der Waals surface area contributed by atoms with E-state index in [1.165, 1.54) is 10.9 Å². The molecule has 1 aliphatic rings. The van der Waals surface area contributed by atoms with Crippen LogP contribution in [0.25, 0.3) is 11.2 Å². The van der Waals surface area contributed by atoms with Crippen molar-refractivity contribution in [1.29, 1.82) is 0 Å². The highest BCUT2D eigenvalue weighted by molar-refractivity contribution is 7.46. The SMILES string of the molecule is NCC(O)CNc1nc2c(N)ncnc2n1C1OC(COP(=O)(O)O)C(O)C1O. The molecule has 0 bridgehead atoms. The van der Waals surface area contributed by atoms with E-state index in [9.17, 15) is 19.9 Å². The van der Waals surface area contributed by atoms with E-state index in [1.807, 2.05) is 0 Å². The van der Waals surface area contributed by atoms with Gasteiger partial charge in [-0.2, -0.15) is 0 Å². The first-order chi connectivity index (χ1) is 13.6. The van der Waals surface area contributed by atoms with Gasteiger partial charge in [-0.25, -0.2) is 19.5 Å². The van der Waals surface area contributed by atoms with Gasteiger partial charge >= 0.3 is 7.82 Å². The zero-order chi connectivity index (χ0) is 21.3. The lowest BCUT2D eigenvalue weighted by molar-refractivity contribution is -0.0494. The molecule has 5 unspecified atom stereocenters. The number of phosphoric ester groups is 1. The van der Waals surface area contributed by atoms with Crippen molar-refractivity contribution in [3.63, 3.8) is 0 Å². The van der Waals surface area contributed by atoms with Crippen molar-refractivity contribution >= 4 is 30.8 Å². The van der Waals surface area contributed by atoms with E-state index < -0.39 is 45.1 Å². The zero-order valence-electron chi connectivity index (χ0n) is 14.9. The fourth-order valence-corrected chi connectivity index (χ4v) is 3.18. The number of nitrogens with zero attached hydrogens (tertiary/aromatic N) is 4. The molecule has 16 heteroatoms. The largest absolute Gasteiger partial charge is 0.469 e. The predicted molar refractivity (Wildman–Crippen MR) is 97.2 cm³/mol. The summed E-state index contributed by atoms with van der Waals surface area (Å²) in [4.78, 5) is 29.9. The van der Waals surface area contributed by atoms with Crippen LogP contribution in [0.15, 0.2) is 6.33 Å². The number of hydrogen-bond donors (Lipinski definition) is 8. The summed E-state index contributed by atoms with van der Waals surface area (Å²) in [5.74, 6) is 0.137. The third kappa shape index (κ3) is 4.63. The Morgan fingerprint density at radius 3 is 2.72 bits per heavy atom. The fraction of sp³-hybridized carbons (Fsp3) is 0.615. The minimum atomic E-state index is -4.81. The summed E-state index contributed by atoms with van der Waals surface area (Å²) < 4.78 is 22.1. The predicted octanol–water partition coefficient (Wildman–Crippen LogP) is -3.13. The molecule has 2 aromatic heterocycles. The summed E-state index contributed by atoms with van der Waals surface area (Å²) in [7, 11) is -4.81. The van der Waals surface area contributed by atoms with Gasteiger partial charge < -0.3 is 46.6 Å². The molecule has 3 rings (SSSR count). The van der Waals surface area contributed by atoms with Crippen LogP contribution >= 0.6 is 7.82 Å². The van der Waals surface area contributed by atoms with Gasteiger partial charge in [-0.05, 0) is 0 Å². The number of imidazole rings is 1. The second-order valence-electron chi connectivity index (χ2n) is 6.34. The number of nitrogens with two attached hydrogens (primary N) is 2. The summed E-state index contributed by atoms with van der Waals surface area (Å²) in [5, 5.41) is 33.2. The minimum absolute atomic E-state index is 0.00324. The monoisotopic (exact) mass is 435 g/mol. The quantitative estimate of drug-likeness (QED) is 0.191. The van der Waals surface area contributed by atoms with Crippen molar-refractivity contribution in [3.8, 4) is 0 Å². The number of aliphatic hydroxyl groups excluding tert-OH is 3. The number of aromatic nitrogens is 4. The molecule has 3 heterocycles. The molecule has 10 N–H and O–H groups in total. The molecular formula is C13H22N7O8P. The van der Waals surface area contributed by atoms with Crippen molar-refractivity contribution in [2.45, 2.75) is 30.6 Å². The lowest BCUT2D eigenvalue weighted by Gasteiger charge is -2.20. The topological polar surface area (TPSA) is 244 Å². The second kappa shape index (κ2) is 8.43. The average molecular weight is 435 g/mol. The molecule has 1 fully saturated rings. The molecule has 0 amide bonds. The van der Waals surface area contributed by atoms with Crippen molar-refractivity contribution in [2.75, 3.05) is 30.7 Å². The van der Waals surface area contributed by atoms with Crippen LogP contribution in [-0.4, -0.2) is 88.7 Å². The maximum Gasteiger partial charge on any atom is 0.469 e. The summed E-state index contributed by atoms with van der Waals surface area (Å²) in [6.45, 7) is -0.682. The van der Waals surface area contributed by atoms with Crippen molar-refractivity contribution in [1.82, 2.24) is 19.5 Å². The Morgan fingerprint density at radius 2 is 2.07 bits per heavy atom. The highest BCUT2D eigenvalue weighted by Crippen LogP contribution is 2.39. The molecule has 0 saturated carbocycles. The third-order valence-electron chi connectivity index (χ3n) is 4.27. The van der Waals surface area contributed by atoms with Crippen LogP contribution in [0.5, 0.6) is 0 Å². The molecule has 0 aromatic carbocycles. The molecule has 0 spiro atoms. The van der Waals surface area contributed by atoms with Crippen molar-refractivity contribution < 1.29 is 38.9 Å². The van der Waals surface area contributed by atoms with E-state index in [4.69, 9.17) is 26.0 Å². The van der Waals surface area contributed by atoms with Gasteiger partial charge in [-0.1, -0.05) is 0 Å². The van der Waals surface area contributed by atoms with Gasteiger partial charge in [0.25, 0.3) is 0 Å². The average Bonchev–Trinajstić information content (AvgIpc) is 3.16. The van der Waals surface area contributed by atoms with Crippen LogP contribution in [0.2, 0.25) is 0 Å². The number of aliphatic hydroxyl groups is 3. The van der Waals surface area contributed by atoms with Gasteiger partial charge in [0.2, 0.25) is 5.95 Å². The molecule has 2 aromatic rings. The Kier molecular flexibility index (Phi) is 6.33. The first kappa shape index (κ1) is 21.8. The van der Waals surface area contributed by atoms with E-state index in [0.717, 1.165) is 0 Å². The van der Waals surface area contributed by atoms with Crippen LogP contribution in [-0.2, 0) is 13.8 Å². The van der Waals surface area contributed by atoms with Crippen molar-refractivity contribution in [2.24, 2.45) is 5.73 Å². The Balaban J connectivity index is 1.94. The Morgan fingerprint density at radius 1 is 1.34 bits per heavy atom. The molecule has 162 valence electrons. The minimum Gasteiger partial charge on any atom is -0.390 e. The molecule has 29 heavy (non-hydrogen) atoms. The van der Waals surface area contributed by atoms with E-state index >= 15 is 0 Å². The van der Waals surface area contributed by atoms with Crippen LogP contribution in [0.3, 0.4) is 0 Å². The molecule has 0 radical (unpaired) electrons. The Labute approximate surface area is 163 Å². The summed E-state index contributed by atoms with van der Waals surface area (Å²) in [6, 6.07) is 0. The van der Waals surface area contributed by atoms with Gasteiger partial charge in [0.15, 0.2) is 23.2 Å². The number of ether oxygens (including phenoxy) is 1. The standard InChI is InChI=1S/C13H22N7O8P/c14-1-5(21)2-16-13-19-7-10(15)17-4-18-11(7)20(13)12-9(23)8(22)6(28-12)3-27-29(24,25)26/h4-6,8-9,12,21-23H,1-3,14H2,(H,16,19)(H2,15,17,18)(H2,24,25,26). The lowest BCUT2D eigenvalue weighted by atomic mass is 10.1. The van der Waals surface area contributed by atoms with Crippen molar-refractivity contribution in [3.05, 3.63) is 6.33 Å². The first-order valence-electron chi connectivity index (χ1n) is 8.44. The van der Waals surface area contributed by atoms with Gasteiger partial charge in [0, 0.05) is 13.1 Å².